The number of para-hydroxylation sites is 1. The molecule has 1 aromatic heterocycles. The summed E-state index contributed by atoms with van der Waals surface area (Å²) in [6, 6.07) is 19.0. The summed E-state index contributed by atoms with van der Waals surface area (Å²) >= 11 is 6.24. The Hall–Kier alpha value is -2.79. The molecule has 144 valence electrons. The van der Waals surface area contributed by atoms with Crippen LogP contribution < -0.4 is 4.74 Å². The van der Waals surface area contributed by atoms with Gasteiger partial charge in [0.1, 0.15) is 11.4 Å². The second-order valence-corrected chi connectivity index (χ2v) is 7.44. The zero-order chi connectivity index (χ0) is 19.3. The molecule has 0 bridgehead atoms. The SMILES string of the molecule is O=C(c1cc(-c2ccccc2Cl)n[nH]1)N1CCCC(COc2ccccc2)C1. The lowest BCUT2D eigenvalue weighted by Gasteiger charge is -2.32. The lowest BCUT2D eigenvalue weighted by atomic mass is 9.98. The molecule has 2 heterocycles. The maximum atomic E-state index is 12.9. The number of nitrogens with one attached hydrogen (secondary N) is 1. The van der Waals surface area contributed by atoms with Crippen molar-refractivity contribution in [3.63, 3.8) is 0 Å². The number of hydrogen-bond acceptors (Lipinski definition) is 3. The van der Waals surface area contributed by atoms with Gasteiger partial charge in [-0.3, -0.25) is 9.89 Å². The van der Waals surface area contributed by atoms with E-state index in [9.17, 15) is 4.79 Å². The Morgan fingerprint density at radius 1 is 1.18 bits per heavy atom. The van der Waals surface area contributed by atoms with Gasteiger partial charge in [-0.25, -0.2) is 0 Å². The van der Waals surface area contributed by atoms with E-state index in [0.29, 0.717) is 35.5 Å². The van der Waals surface area contributed by atoms with E-state index in [4.69, 9.17) is 16.3 Å². The molecular weight excluding hydrogens is 374 g/mol. The second-order valence-electron chi connectivity index (χ2n) is 7.03. The van der Waals surface area contributed by atoms with E-state index < -0.39 is 0 Å². The summed E-state index contributed by atoms with van der Waals surface area (Å²) < 4.78 is 5.88. The Bertz CT molecular complexity index is 942. The maximum Gasteiger partial charge on any atom is 0.271 e. The van der Waals surface area contributed by atoms with Crippen molar-refractivity contribution in [3.05, 3.63) is 71.4 Å². The summed E-state index contributed by atoms with van der Waals surface area (Å²) in [7, 11) is 0. The smallest absolute Gasteiger partial charge is 0.271 e. The van der Waals surface area contributed by atoms with E-state index in [1.807, 2.05) is 59.5 Å². The van der Waals surface area contributed by atoms with Crippen molar-refractivity contribution in [2.45, 2.75) is 12.8 Å². The molecule has 0 aliphatic carbocycles. The summed E-state index contributed by atoms with van der Waals surface area (Å²) in [4.78, 5) is 14.8. The van der Waals surface area contributed by atoms with Crippen LogP contribution in [0.3, 0.4) is 0 Å². The Labute approximate surface area is 169 Å². The van der Waals surface area contributed by atoms with Gasteiger partial charge in [-0.1, -0.05) is 48.0 Å². The minimum atomic E-state index is -0.0322. The molecule has 0 radical (unpaired) electrons. The first-order valence-corrected chi connectivity index (χ1v) is 9.86. The van der Waals surface area contributed by atoms with E-state index in [1.54, 1.807) is 6.07 Å². The largest absolute Gasteiger partial charge is 0.493 e. The molecule has 1 aliphatic heterocycles. The molecule has 4 rings (SSSR count). The van der Waals surface area contributed by atoms with Crippen LogP contribution in [0.5, 0.6) is 5.75 Å². The standard InChI is InChI=1S/C22H22ClN3O2/c23-19-11-5-4-10-18(19)20-13-21(25-24-20)22(27)26-12-6-7-16(14-26)15-28-17-8-2-1-3-9-17/h1-5,8-11,13,16H,6-7,12,14-15H2,(H,24,25). The Morgan fingerprint density at radius 2 is 1.96 bits per heavy atom. The highest BCUT2D eigenvalue weighted by molar-refractivity contribution is 6.33. The van der Waals surface area contributed by atoms with Gasteiger partial charge in [0, 0.05) is 24.6 Å². The van der Waals surface area contributed by atoms with Gasteiger partial charge in [-0.15, -0.1) is 0 Å². The Kier molecular flexibility index (Phi) is 5.63. The molecule has 1 aliphatic rings. The Balaban J connectivity index is 1.40. The highest BCUT2D eigenvalue weighted by atomic mass is 35.5. The van der Waals surface area contributed by atoms with Gasteiger partial charge in [0.15, 0.2) is 0 Å². The molecule has 1 N–H and O–H groups in total. The number of benzene rings is 2. The second kappa shape index (κ2) is 8.48. The minimum Gasteiger partial charge on any atom is -0.493 e. The number of ether oxygens (including phenoxy) is 1. The third-order valence-corrected chi connectivity index (χ3v) is 5.32. The van der Waals surface area contributed by atoms with Gasteiger partial charge >= 0.3 is 0 Å². The van der Waals surface area contributed by atoms with Gasteiger partial charge in [0.25, 0.3) is 5.91 Å². The van der Waals surface area contributed by atoms with Gasteiger partial charge in [0.2, 0.25) is 0 Å². The number of halogens is 1. The molecule has 1 saturated heterocycles. The quantitative estimate of drug-likeness (QED) is 0.683. The number of nitrogens with zero attached hydrogens (tertiary/aromatic N) is 2. The highest BCUT2D eigenvalue weighted by Crippen LogP contribution is 2.27. The number of aromatic nitrogens is 2. The number of hydrogen-bond donors (Lipinski definition) is 1. The van der Waals surface area contributed by atoms with Gasteiger partial charge in [0.05, 0.1) is 17.3 Å². The monoisotopic (exact) mass is 395 g/mol. The molecule has 5 nitrogen and oxygen atoms in total. The molecule has 0 spiro atoms. The molecule has 1 atom stereocenters. The zero-order valence-electron chi connectivity index (χ0n) is 15.5. The van der Waals surface area contributed by atoms with Crippen LogP contribution in [0.25, 0.3) is 11.3 Å². The zero-order valence-corrected chi connectivity index (χ0v) is 16.2. The molecule has 3 aromatic rings. The summed E-state index contributed by atoms with van der Waals surface area (Å²) in [6.45, 7) is 2.05. The van der Waals surface area contributed by atoms with Crippen molar-refractivity contribution < 1.29 is 9.53 Å². The summed E-state index contributed by atoms with van der Waals surface area (Å²) in [5.74, 6) is 1.16. The molecular formula is C22H22ClN3O2. The van der Waals surface area contributed by atoms with Crippen LogP contribution in [0.1, 0.15) is 23.3 Å². The van der Waals surface area contributed by atoms with Crippen molar-refractivity contribution in [1.82, 2.24) is 15.1 Å². The van der Waals surface area contributed by atoms with Crippen molar-refractivity contribution in [1.29, 1.82) is 0 Å². The number of likely N-dealkylation sites (tertiary alicyclic amines) is 1. The average molecular weight is 396 g/mol. The number of piperidine rings is 1. The van der Waals surface area contributed by atoms with E-state index in [1.165, 1.54) is 0 Å². The van der Waals surface area contributed by atoms with E-state index >= 15 is 0 Å². The molecule has 1 fully saturated rings. The van der Waals surface area contributed by atoms with Crippen LogP contribution in [0, 0.1) is 5.92 Å². The number of carbonyl (C=O) groups excluding carboxylic acids is 1. The number of rotatable bonds is 5. The number of aromatic amines is 1. The third kappa shape index (κ3) is 4.20. The topological polar surface area (TPSA) is 58.2 Å². The van der Waals surface area contributed by atoms with Crippen molar-refractivity contribution in [2.75, 3.05) is 19.7 Å². The normalized spacial score (nSPS) is 16.8. The van der Waals surface area contributed by atoms with Gasteiger partial charge in [-0.2, -0.15) is 5.10 Å². The number of H-pyrrole nitrogens is 1. The number of amides is 1. The first kappa shape index (κ1) is 18.6. The van der Waals surface area contributed by atoms with Crippen LogP contribution in [-0.2, 0) is 0 Å². The third-order valence-electron chi connectivity index (χ3n) is 4.99. The van der Waals surface area contributed by atoms with Gasteiger partial charge in [-0.05, 0) is 37.1 Å². The molecule has 6 heteroatoms. The first-order valence-electron chi connectivity index (χ1n) is 9.48. The fourth-order valence-corrected chi connectivity index (χ4v) is 3.76. The van der Waals surface area contributed by atoms with E-state index in [0.717, 1.165) is 30.7 Å². The maximum absolute atomic E-state index is 12.9. The Morgan fingerprint density at radius 3 is 2.79 bits per heavy atom. The average Bonchev–Trinajstić information content (AvgIpc) is 3.23. The molecule has 1 amide bonds. The lowest BCUT2D eigenvalue weighted by Crippen LogP contribution is -2.41. The van der Waals surface area contributed by atoms with E-state index in [-0.39, 0.29) is 5.91 Å². The summed E-state index contributed by atoms with van der Waals surface area (Å²) in [5.41, 5.74) is 1.97. The summed E-state index contributed by atoms with van der Waals surface area (Å²) in [6.07, 6.45) is 2.03. The van der Waals surface area contributed by atoms with Crippen LogP contribution in [0.4, 0.5) is 0 Å². The summed E-state index contributed by atoms with van der Waals surface area (Å²) in [5, 5.41) is 7.76. The van der Waals surface area contributed by atoms with Crippen LogP contribution >= 0.6 is 11.6 Å². The molecule has 2 aromatic carbocycles. The van der Waals surface area contributed by atoms with Crippen molar-refractivity contribution >= 4 is 17.5 Å². The number of carbonyl (C=O) groups is 1. The van der Waals surface area contributed by atoms with Crippen LogP contribution in [-0.4, -0.2) is 40.7 Å². The predicted molar refractivity (Wildman–Crippen MR) is 110 cm³/mol. The first-order chi connectivity index (χ1) is 13.7. The fourth-order valence-electron chi connectivity index (χ4n) is 3.52. The van der Waals surface area contributed by atoms with Crippen LogP contribution in [0.15, 0.2) is 60.7 Å². The molecule has 1 unspecified atom stereocenters. The van der Waals surface area contributed by atoms with E-state index in [2.05, 4.69) is 10.2 Å². The van der Waals surface area contributed by atoms with Gasteiger partial charge < -0.3 is 9.64 Å². The predicted octanol–water partition coefficient (Wildman–Crippen LogP) is 4.66. The molecule has 28 heavy (non-hydrogen) atoms. The van der Waals surface area contributed by atoms with Crippen molar-refractivity contribution in [2.24, 2.45) is 5.92 Å². The highest BCUT2D eigenvalue weighted by Gasteiger charge is 2.26. The van der Waals surface area contributed by atoms with Crippen molar-refractivity contribution in [3.8, 4) is 17.0 Å². The molecule has 0 saturated carbocycles. The fraction of sp³-hybridized carbons (Fsp3) is 0.273. The minimum absolute atomic E-state index is 0.0322. The van der Waals surface area contributed by atoms with Crippen LogP contribution in [0.2, 0.25) is 5.02 Å². The lowest BCUT2D eigenvalue weighted by molar-refractivity contribution is 0.0627.